The van der Waals surface area contributed by atoms with Crippen molar-refractivity contribution >= 4 is 10.9 Å². The van der Waals surface area contributed by atoms with Crippen LogP contribution in [0.15, 0.2) is 29.1 Å². The molecule has 4 nitrogen and oxygen atoms in total. The number of para-hydroxylation sites is 1. The van der Waals surface area contributed by atoms with Gasteiger partial charge in [-0.1, -0.05) is 31.9 Å². The van der Waals surface area contributed by atoms with Gasteiger partial charge in [-0.25, -0.2) is 9.66 Å². The summed E-state index contributed by atoms with van der Waals surface area (Å²) < 4.78 is 1.75. The average Bonchev–Trinajstić information content (AvgIpc) is 3.16. The summed E-state index contributed by atoms with van der Waals surface area (Å²) in [7, 11) is 0. The Labute approximate surface area is 112 Å². The van der Waals surface area contributed by atoms with E-state index < -0.39 is 0 Å². The molecule has 1 aliphatic rings. The summed E-state index contributed by atoms with van der Waals surface area (Å²) in [5.41, 5.74) is 0.843. The van der Waals surface area contributed by atoms with Crippen molar-refractivity contribution in [3.8, 4) is 0 Å². The quantitative estimate of drug-likeness (QED) is 0.788. The molecule has 100 valence electrons. The van der Waals surface area contributed by atoms with Gasteiger partial charge in [-0.15, -0.1) is 0 Å². The molecule has 4 heteroatoms. The van der Waals surface area contributed by atoms with Crippen LogP contribution in [0.25, 0.3) is 10.9 Å². The van der Waals surface area contributed by atoms with Crippen LogP contribution in [0.5, 0.6) is 0 Å². The lowest BCUT2D eigenvalue weighted by atomic mass is 10.2. The summed E-state index contributed by atoms with van der Waals surface area (Å²) in [6, 6.07) is 8.07. The number of aromatic nitrogens is 2. The van der Waals surface area contributed by atoms with Crippen LogP contribution in [0.1, 0.15) is 32.0 Å². The van der Waals surface area contributed by atoms with Crippen LogP contribution in [-0.4, -0.2) is 22.2 Å². The lowest BCUT2D eigenvalue weighted by Gasteiger charge is -2.13. The first-order chi connectivity index (χ1) is 9.22. The normalized spacial score (nSPS) is 18.0. The van der Waals surface area contributed by atoms with Gasteiger partial charge in [0.2, 0.25) is 0 Å². The Hall–Kier alpha value is -1.84. The van der Waals surface area contributed by atoms with Gasteiger partial charge in [-0.2, -0.15) is 0 Å². The van der Waals surface area contributed by atoms with E-state index in [0.29, 0.717) is 11.4 Å². The second kappa shape index (κ2) is 4.68. The van der Waals surface area contributed by atoms with Gasteiger partial charge in [0.25, 0.3) is 5.56 Å². The van der Waals surface area contributed by atoms with Crippen LogP contribution in [0, 0.1) is 6.92 Å². The standard InChI is InChI=1S/C15H19N3O/c1-3-4-7-12-10-17(12)18-11(2)16-14-9-6-5-8-13(14)15(18)19/h5-6,8-9,12H,3-4,7,10H2,1-2H3. The van der Waals surface area contributed by atoms with E-state index in [0.717, 1.165) is 24.3 Å². The topological polar surface area (TPSA) is 37.9 Å². The zero-order valence-corrected chi connectivity index (χ0v) is 11.5. The number of hydrogen-bond acceptors (Lipinski definition) is 3. The number of unbranched alkanes of at least 4 members (excludes halogenated alkanes) is 1. The van der Waals surface area contributed by atoms with Crippen molar-refractivity contribution in [1.82, 2.24) is 9.66 Å². The third-order valence-corrected chi connectivity index (χ3v) is 3.75. The molecule has 2 aromatic rings. The Bertz CT molecular complexity index is 662. The number of aryl methyl sites for hydroxylation is 1. The Morgan fingerprint density at radius 2 is 2.16 bits per heavy atom. The molecule has 1 atom stereocenters. The molecule has 0 radical (unpaired) electrons. The average molecular weight is 257 g/mol. The molecule has 0 aliphatic carbocycles. The van der Waals surface area contributed by atoms with Gasteiger partial charge < -0.3 is 5.01 Å². The molecule has 1 unspecified atom stereocenters. The fourth-order valence-corrected chi connectivity index (χ4v) is 2.63. The van der Waals surface area contributed by atoms with Crippen molar-refractivity contribution in [2.45, 2.75) is 39.2 Å². The third-order valence-electron chi connectivity index (χ3n) is 3.75. The van der Waals surface area contributed by atoms with Crippen LogP contribution in [0.4, 0.5) is 0 Å². The molecular weight excluding hydrogens is 238 g/mol. The lowest BCUT2D eigenvalue weighted by Crippen LogP contribution is -2.32. The Morgan fingerprint density at radius 1 is 1.37 bits per heavy atom. The SMILES string of the molecule is CCCCC1CN1n1c(C)nc2ccccc2c1=O. The van der Waals surface area contributed by atoms with E-state index in [9.17, 15) is 4.79 Å². The maximum Gasteiger partial charge on any atom is 0.280 e. The second-order valence-electron chi connectivity index (χ2n) is 5.21. The first-order valence-corrected chi connectivity index (χ1v) is 6.97. The fraction of sp³-hybridized carbons (Fsp3) is 0.467. The van der Waals surface area contributed by atoms with Crippen molar-refractivity contribution in [3.63, 3.8) is 0 Å². The van der Waals surface area contributed by atoms with Gasteiger partial charge >= 0.3 is 0 Å². The number of fused-ring (bicyclic) bond motifs is 1. The fourth-order valence-electron chi connectivity index (χ4n) is 2.63. The molecule has 1 aromatic heterocycles. The number of rotatable bonds is 4. The van der Waals surface area contributed by atoms with E-state index in [2.05, 4.69) is 16.9 Å². The molecule has 0 amide bonds. The van der Waals surface area contributed by atoms with E-state index in [1.165, 1.54) is 12.8 Å². The summed E-state index contributed by atoms with van der Waals surface area (Å²) in [6.07, 6.45) is 3.58. The molecule has 19 heavy (non-hydrogen) atoms. The van der Waals surface area contributed by atoms with E-state index in [-0.39, 0.29) is 5.56 Å². The van der Waals surface area contributed by atoms with Crippen LogP contribution in [-0.2, 0) is 0 Å². The maximum atomic E-state index is 12.5. The van der Waals surface area contributed by atoms with Crippen molar-refractivity contribution in [1.29, 1.82) is 0 Å². The lowest BCUT2D eigenvalue weighted by molar-refractivity contribution is 0.652. The van der Waals surface area contributed by atoms with Gasteiger partial charge in [-0.3, -0.25) is 4.79 Å². The van der Waals surface area contributed by atoms with Gasteiger partial charge in [0.1, 0.15) is 5.82 Å². The highest BCUT2D eigenvalue weighted by Crippen LogP contribution is 2.21. The molecule has 0 saturated carbocycles. The molecule has 1 aliphatic heterocycles. The molecule has 3 rings (SSSR count). The van der Waals surface area contributed by atoms with Crippen molar-refractivity contribution in [3.05, 3.63) is 40.4 Å². The molecule has 1 fully saturated rings. The summed E-state index contributed by atoms with van der Waals surface area (Å²) >= 11 is 0. The zero-order chi connectivity index (χ0) is 13.4. The third kappa shape index (κ3) is 2.11. The number of nitrogens with zero attached hydrogens (tertiary/aromatic N) is 3. The smallest absolute Gasteiger partial charge is 0.280 e. The largest absolute Gasteiger partial charge is 0.301 e. The summed E-state index contributed by atoms with van der Waals surface area (Å²) in [4.78, 5) is 17.1. The monoisotopic (exact) mass is 257 g/mol. The molecular formula is C15H19N3O. The highest BCUT2D eigenvalue weighted by Gasteiger charge is 2.35. The molecule has 0 N–H and O–H groups in total. The Kier molecular flexibility index (Phi) is 3.01. The van der Waals surface area contributed by atoms with Gasteiger partial charge in [-0.05, 0) is 25.5 Å². The van der Waals surface area contributed by atoms with E-state index in [1.54, 1.807) is 4.68 Å². The summed E-state index contributed by atoms with van der Waals surface area (Å²) in [5, 5.41) is 2.83. The van der Waals surface area contributed by atoms with Crippen LogP contribution in [0.2, 0.25) is 0 Å². The van der Waals surface area contributed by atoms with Crippen molar-refractivity contribution < 1.29 is 0 Å². The minimum atomic E-state index is 0.0575. The van der Waals surface area contributed by atoms with Crippen LogP contribution < -0.4 is 10.6 Å². The molecule has 1 saturated heterocycles. The second-order valence-corrected chi connectivity index (χ2v) is 5.21. The van der Waals surface area contributed by atoms with Gasteiger partial charge in [0.15, 0.2) is 0 Å². The van der Waals surface area contributed by atoms with Crippen LogP contribution in [0.3, 0.4) is 0 Å². The predicted octanol–water partition coefficient (Wildman–Crippen LogP) is 2.22. The zero-order valence-electron chi connectivity index (χ0n) is 11.5. The number of benzene rings is 1. The van der Waals surface area contributed by atoms with E-state index >= 15 is 0 Å². The summed E-state index contributed by atoms with van der Waals surface area (Å²) in [5.74, 6) is 0.780. The maximum absolute atomic E-state index is 12.5. The molecule has 0 spiro atoms. The Balaban J connectivity index is 1.99. The molecule has 0 bridgehead atoms. The van der Waals surface area contributed by atoms with E-state index in [1.807, 2.05) is 31.2 Å². The minimum Gasteiger partial charge on any atom is -0.301 e. The predicted molar refractivity (Wildman–Crippen MR) is 77.1 cm³/mol. The highest BCUT2D eigenvalue weighted by atomic mass is 16.1. The van der Waals surface area contributed by atoms with Gasteiger partial charge in [0, 0.05) is 0 Å². The number of hydrogen-bond donors (Lipinski definition) is 0. The minimum absolute atomic E-state index is 0.0575. The van der Waals surface area contributed by atoms with E-state index in [4.69, 9.17) is 0 Å². The first-order valence-electron chi connectivity index (χ1n) is 6.97. The van der Waals surface area contributed by atoms with Crippen molar-refractivity contribution in [2.75, 3.05) is 11.6 Å². The van der Waals surface area contributed by atoms with Crippen LogP contribution >= 0.6 is 0 Å². The van der Waals surface area contributed by atoms with Gasteiger partial charge in [0.05, 0.1) is 23.5 Å². The Morgan fingerprint density at radius 3 is 2.95 bits per heavy atom. The molecule has 2 heterocycles. The summed E-state index contributed by atoms with van der Waals surface area (Å²) in [6.45, 7) is 5.07. The highest BCUT2D eigenvalue weighted by molar-refractivity contribution is 5.77. The first kappa shape index (κ1) is 12.2. The molecule has 1 aromatic carbocycles. The van der Waals surface area contributed by atoms with Crippen molar-refractivity contribution in [2.24, 2.45) is 0 Å².